The fourth-order valence-corrected chi connectivity index (χ4v) is 5.17. The number of nitrogens with zero attached hydrogens (tertiary/aromatic N) is 1. The lowest BCUT2D eigenvalue weighted by molar-refractivity contribution is -0.148. The van der Waals surface area contributed by atoms with Crippen molar-refractivity contribution in [2.24, 2.45) is 10.9 Å². The Hall–Kier alpha value is -3.45. The highest BCUT2D eigenvalue weighted by Gasteiger charge is 2.45. The van der Waals surface area contributed by atoms with Gasteiger partial charge in [0, 0.05) is 47.6 Å². The molecule has 0 saturated carbocycles. The smallest absolute Gasteiger partial charge is 0.315 e. The highest BCUT2D eigenvalue weighted by molar-refractivity contribution is 6.09. The Morgan fingerprint density at radius 2 is 1.81 bits per heavy atom. The third-order valence-electron chi connectivity index (χ3n) is 6.87. The number of methoxy groups -OCH3 is 2. The summed E-state index contributed by atoms with van der Waals surface area (Å²) in [5.74, 6) is -0.527. The average Bonchev–Trinajstić information content (AvgIpc) is 2.90. The second-order valence-corrected chi connectivity index (χ2v) is 8.98. The summed E-state index contributed by atoms with van der Waals surface area (Å²) in [5.41, 5.74) is 3.78. The van der Waals surface area contributed by atoms with Crippen LogP contribution in [0.25, 0.3) is 0 Å². The van der Waals surface area contributed by atoms with Gasteiger partial charge in [0.1, 0.15) is 24.0 Å². The number of aliphatic imine (C=N–C) groups is 1. The highest BCUT2D eigenvalue weighted by Crippen LogP contribution is 2.49. The summed E-state index contributed by atoms with van der Waals surface area (Å²) in [6.07, 6.45) is 0.988. The van der Waals surface area contributed by atoms with E-state index in [-0.39, 0.29) is 18.3 Å². The molecule has 190 valence electrons. The third-order valence-corrected chi connectivity index (χ3v) is 6.87. The molecule has 0 fully saturated rings. The van der Waals surface area contributed by atoms with Crippen molar-refractivity contribution in [2.75, 3.05) is 34.0 Å². The number of Topliss-reactive ketones (excluding diaryl/α,β-unsaturated/α-hetero) is 1. The Morgan fingerprint density at radius 3 is 2.50 bits per heavy atom. The zero-order chi connectivity index (χ0) is 25.7. The van der Waals surface area contributed by atoms with Gasteiger partial charge in [-0.15, -0.1) is 0 Å². The highest BCUT2D eigenvalue weighted by atomic mass is 16.6. The first-order valence-corrected chi connectivity index (χ1v) is 12.3. The van der Waals surface area contributed by atoms with E-state index in [1.807, 2.05) is 56.3 Å². The van der Waals surface area contributed by atoms with E-state index in [0.29, 0.717) is 48.8 Å². The van der Waals surface area contributed by atoms with Crippen LogP contribution in [-0.4, -0.2) is 51.5 Å². The van der Waals surface area contributed by atoms with E-state index in [9.17, 15) is 9.59 Å². The molecule has 0 radical (unpaired) electrons. The quantitative estimate of drug-likeness (QED) is 0.368. The van der Waals surface area contributed by atoms with Crippen molar-refractivity contribution in [3.63, 3.8) is 0 Å². The van der Waals surface area contributed by atoms with Crippen molar-refractivity contribution in [2.45, 2.75) is 38.5 Å². The summed E-state index contributed by atoms with van der Waals surface area (Å²) < 4.78 is 22.0. The molecule has 0 bridgehead atoms. The van der Waals surface area contributed by atoms with Crippen molar-refractivity contribution in [3.8, 4) is 11.5 Å². The van der Waals surface area contributed by atoms with Crippen LogP contribution in [-0.2, 0) is 19.1 Å². The van der Waals surface area contributed by atoms with Gasteiger partial charge in [-0.25, -0.2) is 0 Å². The molecule has 0 amide bonds. The Morgan fingerprint density at radius 1 is 1.03 bits per heavy atom. The standard InChI is InChI=1S/C29H33NO6/c1-5-35-13-14-36-29(32)26-18(2)30-23-15-20(19-9-7-6-8-10-19)16-24(31)28(23)27(26)22-12-11-21(33-3)17-25(22)34-4/h6-12,17,20,26-27H,5,13-16H2,1-4H3/t20-,26?,27-/m1/s1. The van der Waals surface area contributed by atoms with E-state index in [2.05, 4.69) is 0 Å². The van der Waals surface area contributed by atoms with Crippen LogP contribution in [0.1, 0.15) is 49.7 Å². The van der Waals surface area contributed by atoms with E-state index >= 15 is 0 Å². The average molecular weight is 492 g/mol. The lowest BCUT2D eigenvalue weighted by atomic mass is 9.69. The van der Waals surface area contributed by atoms with Gasteiger partial charge in [-0.1, -0.05) is 36.4 Å². The van der Waals surface area contributed by atoms with E-state index in [0.717, 1.165) is 16.8 Å². The van der Waals surface area contributed by atoms with Gasteiger partial charge >= 0.3 is 5.97 Å². The van der Waals surface area contributed by atoms with Crippen molar-refractivity contribution < 1.29 is 28.5 Å². The number of carbonyl (C=O) groups is 2. The van der Waals surface area contributed by atoms with Gasteiger partial charge in [0.2, 0.25) is 0 Å². The fourth-order valence-electron chi connectivity index (χ4n) is 5.17. The van der Waals surface area contributed by atoms with Crippen LogP contribution in [0.2, 0.25) is 0 Å². The number of ketones is 1. The minimum absolute atomic E-state index is 0.00339. The maximum atomic E-state index is 13.7. The molecule has 0 aromatic heterocycles. The summed E-state index contributed by atoms with van der Waals surface area (Å²) in [6.45, 7) is 4.71. The van der Waals surface area contributed by atoms with Crippen molar-refractivity contribution in [1.82, 2.24) is 0 Å². The molecule has 0 N–H and O–H groups in total. The summed E-state index contributed by atoms with van der Waals surface area (Å²) in [7, 11) is 3.15. The van der Waals surface area contributed by atoms with E-state index in [1.165, 1.54) is 0 Å². The Labute approximate surface area is 212 Å². The van der Waals surface area contributed by atoms with Gasteiger partial charge < -0.3 is 18.9 Å². The fraction of sp³-hybridized carbons (Fsp3) is 0.414. The van der Waals surface area contributed by atoms with Crippen LogP contribution in [0, 0.1) is 5.92 Å². The van der Waals surface area contributed by atoms with Crippen molar-refractivity contribution in [1.29, 1.82) is 0 Å². The van der Waals surface area contributed by atoms with Crippen LogP contribution in [0.15, 0.2) is 64.8 Å². The summed E-state index contributed by atoms with van der Waals surface area (Å²) in [4.78, 5) is 31.9. The maximum absolute atomic E-state index is 13.7. The molecule has 36 heavy (non-hydrogen) atoms. The lowest BCUT2D eigenvalue weighted by Gasteiger charge is -2.37. The summed E-state index contributed by atoms with van der Waals surface area (Å²) in [5, 5.41) is 0. The number of carbonyl (C=O) groups excluding carboxylic acids is 2. The largest absolute Gasteiger partial charge is 0.497 e. The topological polar surface area (TPSA) is 83.4 Å². The van der Waals surface area contributed by atoms with Gasteiger partial charge in [-0.3, -0.25) is 14.6 Å². The number of benzene rings is 2. The number of allylic oxidation sites excluding steroid dienone is 2. The van der Waals surface area contributed by atoms with Gasteiger partial charge in [0.15, 0.2) is 5.78 Å². The Bertz CT molecular complexity index is 1170. The van der Waals surface area contributed by atoms with Crippen LogP contribution < -0.4 is 9.47 Å². The molecule has 2 aliphatic rings. The summed E-state index contributed by atoms with van der Waals surface area (Å²) in [6, 6.07) is 15.5. The van der Waals surface area contributed by atoms with Gasteiger partial charge in [-0.05, 0) is 37.8 Å². The first-order chi connectivity index (χ1) is 17.5. The molecular formula is C29H33NO6. The number of rotatable bonds is 9. The molecule has 1 aliphatic heterocycles. The minimum atomic E-state index is -0.745. The van der Waals surface area contributed by atoms with Crippen molar-refractivity contribution in [3.05, 3.63) is 70.9 Å². The molecule has 4 rings (SSSR count). The van der Waals surface area contributed by atoms with E-state index in [1.54, 1.807) is 20.3 Å². The lowest BCUT2D eigenvalue weighted by Crippen LogP contribution is -2.38. The predicted molar refractivity (Wildman–Crippen MR) is 137 cm³/mol. The van der Waals surface area contributed by atoms with Gasteiger partial charge in [0.05, 0.1) is 20.8 Å². The second-order valence-electron chi connectivity index (χ2n) is 8.98. The molecule has 7 heteroatoms. The molecule has 3 atom stereocenters. The van der Waals surface area contributed by atoms with Crippen LogP contribution in [0.5, 0.6) is 11.5 Å². The number of hydrogen-bond donors (Lipinski definition) is 0. The normalized spacial score (nSPS) is 21.5. The first kappa shape index (κ1) is 25.6. The number of hydrogen-bond acceptors (Lipinski definition) is 7. The molecule has 0 spiro atoms. The third kappa shape index (κ3) is 5.21. The second kappa shape index (κ2) is 11.5. The molecule has 1 unspecified atom stereocenters. The minimum Gasteiger partial charge on any atom is -0.497 e. The maximum Gasteiger partial charge on any atom is 0.315 e. The molecule has 7 nitrogen and oxygen atoms in total. The molecule has 1 aliphatic carbocycles. The zero-order valence-corrected chi connectivity index (χ0v) is 21.3. The predicted octanol–water partition coefficient (Wildman–Crippen LogP) is 4.86. The van der Waals surface area contributed by atoms with Crippen LogP contribution in [0.3, 0.4) is 0 Å². The first-order valence-electron chi connectivity index (χ1n) is 12.3. The molecule has 2 aromatic carbocycles. The number of esters is 1. The number of ether oxygens (including phenoxy) is 4. The van der Waals surface area contributed by atoms with Crippen LogP contribution >= 0.6 is 0 Å². The van der Waals surface area contributed by atoms with Gasteiger partial charge in [-0.2, -0.15) is 0 Å². The van der Waals surface area contributed by atoms with E-state index in [4.69, 9.17) is 23.9 Å². The molecule has 1 heterocycles. The Balaban J connectivity index is 1.77. The zero-order valence-electron chi connectivity index (χ0n) is 21.3. The van der Waals surface area contributed by atoms with Gasteiger partial charge in [0.25, 0.3) is 0 Å². The SMILES string of the molecule is CCOCCOC(=O)C1C(C)=NC2=C(C(=O)C[C@H](c3ccccc3)C2)[C@@H]1c1ccc(OC)cc1OC. The molecule has 2 aromatic rings. The summed E-state index contributed by atoms with van der Waals surface area (Å²) >= 11 is 0. The molecular weight excluding hydrogens is 458 g/mol. The molecule has 0 saturated heterocycles. The monoisotopic (exact) mass is 491 g/mol. The van der Waals surface area contributed by atoms with E-state index < -0.39 is 17.8 Å². The van der Waals surface area contributed by atoms with Crippen molar-refractivity contribution >= 4 is 17.5 Å². The Kier molecular flexibility index (Phi) is 8.21. The van der Waals surface area contributed by atoms with Crippen LogP contribution in [0.4, 0.5) is 0 Å².